The van der Waals surface area contributed by atoms with Crippen LogP contribution in [0.2, 0.25) is 0 Å². The summed E-state index contributed by atoms with van der Waals surface area (Å²) in [5.41, 5.74) is 2.85. The lowest BCUT2D eigenvalue weighted by Crippen LogP contribution is -2.34. The number of aryl methyl sites for hydroxylation is 1. The quantitative estimate of drug-likeness (QED) is 0.776. The standard InChI is InChI=1S/C18H30N2/c1-4-20(14-16-9-7-10-16)13-12-18(19-3)17-11-6-5-8-15(17)2/h5-6,8,11,16,18-19H,4,7,9-10,12-14H2,1-3H3. The van der Waals surface area contributed by atoms with Crippen LogP contribution in [0.4, 0.5) is 0 Å². The minimum absolute atomic E-state index is 0.478. The molecule has 0 amide bonds. The minimum atomic E-state index is 0.478. The van der Waals surface area contributed by atoms with E-state index >= 15 is 0 Å². The first-order chi connectivity index (χ1) is 9.74. The topological polar surface area (TPSA) is 15.3 Å². The van der Waals surface area contributed by atoms with Crippen molar-refractivity contribution in [1.29, 1.82) is 0 Å². The first kappa shape index (κ1) is 15.5. The van der Waals surface area contributed by atoms with Crippen LogP contribution in [-0.4, -0.2) is 31.6 Å². The number of nitrogens with one attached hydrogen (secondary N) is 1. The van der Waals surface area contributed by atoms with Gasteiger partial charge in [0.1, 0.15) is 0 Å². The van der Waals surface area contributed by atoms with Gasteiger partial charge in [-0.15, -0.1) is 0 Å². The van der Waals surface area contributed by atoms with Gasteiger partial charge in [-0.25, -0.2) is 0 Å². The van der Waals surface area contributed by atoms with Crippen LogP contribution in [0, 0.1) is 12.8 Å². The van der Waals surface area contributed by atoms with Crippen LogP contribution in [0.5, 0.6) is 0 Å². The zero-order valence-electron chi connectivity index (χ0n) is 13.4. The highest BCUT2D eigenvalue weighted by Crippen LogP contribution is 2.27. The van der Waals surface area contributed by atoms with Gasteiger partial charge in [-0.3, -0.25) is 0 Å². The maximum atomic E-state index is 3.49. The van der Waals surface area contributed by atoms with Gasteiger partial charge in [-0.1, -0.05) is 37.6 Å². The van der Waals surface area contributed by atoms with Crippen molar-refractivity contribution < 1.29 is 0 Å². The molecule has 1 aromatic carbocycles. The Morgan fingerprint density at radius 3 is 2.60 bits per heavy atom. The fourth-order valence-corrected chi connectivity index (χ4v) is 3.16. The number of benzene rings is 1. The van der Waals surface area contributed by atoms with Gasteiger partial charge in [0.2, 0.25) is 0 Å². The Morgan fingerprint density at radius 1 is 1.30 bits per heavy atom. The van der Waals surface area contributed by atoms with Crippen molar-refractivity contribution in [3.63, 3.8) is 0 Å². The van der Waals surface area contributed by atoms with Gasteiger partial charge in [-0.2, -0.15) is 0 Å². The third kappa shape index (κ3) is 4.07. The number of hydrogen-bond donors (Lipinski definition) is 1. The summed E-state index contributed by atoms with van der Waals surface area (Å²) in [5, 5.41) is 3.49. The molecule has 2 heteroatoms. The summed E-state index contributed by atoms with van der Waals surface area (Å²) in [7, 11) is 2.08. The molecule has 1 saturated carbocycles. The summed E-state index contributed by atoms with van der Waals surface area (Å²) in [6, 6.07) is 9.23. The summed E-state index contributed by atoms with van der Waals surface area (Å²) in [5.74, 6) is 0.974. The molecular weight excluding hydrogens is 244 g/mol. The van der Waals surface area contributed by atoms with E-state index in [1.54, 1.807) is 0 Å². The maximum Gasteiger partial charge on any atom is 0.0332 e. The Kier molecular flexibility index (Phi) is 6.06. The molecule has 1 fully saturated rings. The van der Waals surface area contributed by atoms with Gasteiger partial charge in [0.25, 0.3) is 0 Å². The highest BCUT2D eigenvalue weighted by molar-refractivity contribution is 5.28. The van der Waals surface area contributed by atoms with Crippen LogP contribution in [0.3, 0.4) is 0 Å². The molecule has 0 spiro atoms. The van der Waals surface area contributed by atoms with Crippen molar-refractivity contribution in [2.24, 2.45) is 5.92 Å². The van der Waals surface area contributed by atoms with Gasteiger partial charge < -0.3 is 10.2 Å². The first-order valence-electron chi connectivity index (χ1n) is 8.19. The Balaban J connectivity index is 1.87. The smallest absolute Gasteiger partial charge is 0.0332 e. The van der Waals surface area contributed by atoms with Crippen LogP contribution < -0.4 is 5.32 Å². The van der Waals surface area contributed by atoms with Crippen LogP contribution >= 0.6 is 0 Å². The van der Waals surface area contributed by atoms with E-state index in [0.717, 1.165) is 5.92 Å². The van der Waals surface area contributed by atoms with Gasteiger partial charge in [-0.05, 0) is 63.4 Å². The molecule has 0 bridgehead atoms. The van der Waals surface area contributed by atoms with Crippen molar-refractivity contribution in [3.8, 4) is 0 Å². The predicted octanol–water partition coefficient (Wildman–Crippen LogP) is 3.77. The van der Waals surface area contributed by atoms with E-state index in [1.165, 1.54) is 56.4 Å². The van der Waals surface area contributed by atoms with E-state index in [0.29, 0.717) is 6.04 Å². The first-order valence-corrected chi connectivity index (χ1v) is 8.19. The van der Waals surface area contributed by atoms with Crippen LogP contribution in [0.1, 0.15) is 49.8 Å². The van der Waals surface area contributed by atoms with Crippen molar-refractivity contribution in [3.05, 3.63) is 35.4 Å². The Hall–Kier alpha value is -0.860. The van der Waals surface area contributed by atoms with Crippen molar-refractivity contribution in [2.75, 3.05) is 26.7 Å². The number of hydrogen-bond acceptors (Lipinski definition) is 2. The zero-order valence-corrected chi connectivity index (χ0v) is 13.4. The van der Waals surface area contributed by atoms with E-state index in [-0.39, 0.29) is 0 Å². The number of nitrogens with zero attached hydrogens (tertiary/aromatic N) is 1. The molecule has 1 aliphatic carbocycles. The molecule has 2 nitrogen and oxygen atoms in total. The van der Waals surface area contributed by atoms with E-state index in [4.69, 9.17) is 0 Å². The van der Waals surface area contributed by atoms with Gasteiger partial charge >= 0.3 is 0 Å². The third-order valence-electron chi connectivity index (χ3n) is 4.83. The fraction of sp³-hybridized carbons (Fsp3) is 0.667. The van der Waals surface area contributed by atoms with Crippen molar-refractivity contribution in [1.82, 2.24) is 10.2 Å². The van der Waals surface area contributed by atoms with Gasteiger partial charge in [0.15, 0.2) is 0 Å². The molecule has 0 saturated heterocycles. The molecule has 1 N–H and O–H groups in total. The lowest BCUT2D eigenvalue weighted by Gasteiger charge is -2.32. The van der Waals surface area contributed by atoms with E-state index in [1.807, 2.05) is 0 Å². The zero-order chi connectivity index (χ0) is 14.4. The van der Waals surface area contributed by atoms with E-state index in [9.17, 15) is 0 Å². The summed E-state index contributed by atoms with van der Waals surface area (Å²) < 4.78 is 0. The third-order valence-corrected chi connectivity index (χ3v) is 4.83. The lowest BCUT2D eigenvalue weighted by atomic mass is 9.85. The Bertz CT molecular complexity index is 398. The summed E-state index contributed by atoms with van der Waals surface area (Å²) >= 11 is 0. The second-order valence-electron chi connectivity index (χ2n) is 6.18. The molecule has 0 radical (unpaired) electrons. The normalized spacial score (nSPS) is 17.2. The summed E-state index contributed by atoms with van der Waals surface area (Å²) in [6.07, 6.45) is 5.54. The molecule has 1 atom stereocenters. The van der Waals surface area contributed by atoms with Crippen LogP contribution in [0.25, 0.3) is 0 Å². The predicted molar refractivity (Wildman–Crippen MR) is 87.1 cm³/mol. The van der Waals surface area contributed by atoms with Gasteiger partial charge in [0.05, 0.1) is 0 Å². The lowest BCUT2D eigenvalue weighted by molar-refractivity contribution is 0.178. The molecule has 1 unspecified atom stereocenters. The molecular formula is C18H30N2. The average Bonchev–Trinajstić information content (AvgIpc) is 2.42. The maximum absolute atomic E-state index is 3.49. The summed E-state index contributed by atoms with van der Waals surface area (Å²) in [4.78, 5) is 2.63. The van der Waals surface area contributed by atoms with Gasteiger partial charge in [0, 0.05) is 12.6 Å². The minimum Gasteiger partial charge on any atom is -0.313 e. The SMILES string of the molecule is CCN(CCC(NC)c1ccccc1C)CC1CCC1. The van der Waals surface area contributed by atoms with E-state index < -0.39 is 0 Å². The fourth-order valence-electron chi connectivity index (χ4n) is 3.16. The van der Waals surface area contributed by atoms with Crippen LogP contribution in [0.15, 0.2) is 24.3 Å². The Labute approximate surface area is 124 Å². The highest BCUT2D eigenvalue weighted by Gasteiger charge is 2.20. The molecule has 2 rings (SSSR count). The molecule has 0 heterocycles. The monoisotopic (exact) mass is 274 g/mol. The molecule has 0 aromatic heterocycles. The molecule has 1 aromatic rings. The van der Waals surface area contributed by atoms with Crippen molar-refractivity contribution in [2.45, 2.75) is 45.6 Å². The second kappa shape index (κ2) is 7.80. The molecule has 0 aliphatic heterocycles. The molecule has 112 valence electrons. The molecule has 20 heavy (non-hydrogen) atoms. The van der Waals surface area contributed by atoms with Crippen LogP contribution in [-0.2, 0) is 0 Å². The number of rotatable bonds is 8. The highest BCUT2D eigenvalue weighted by atomic mass is 15.1. The Morgan fingerprint density at radius 2 is 2.05 bits per heavy atom. The van der Waals surface area contributed by atoms with E-state index in [2.05, 4.69) is 55.4 Å². The van der Waals surface area contributed by atoms with Crippen molar-refractivity contribution >= 4 is 0 Å². The molecule has 1 aliphatic rings. The second-order valence-corrected chi connectivity index (χ2v) is 6.18. The summed E-state index contributed by atoms with van der Waals surface area (Å²) in [6.45, 7) is 8.20. The largest absolute Gasteiger partial charge is 0.313 e. The average molecular weight is 274 g/mol.